The molecule has 0 radical (unpaired) electrons. The summed E-state index contributed by atoms with van der Waals surface area (Å²) in [6, 6.07) is 0. The lowest BCUT2D eigenvalue weighted by Crippen LogP contribution is -2.30. The molecule has 1 atom stereocenters. The minimum atomic E-state index is -0.776. The highest BCUT2D eigenvalue weighted by atomic mass is 16.6. The Labute approximate surface area is 435 Å². The van der Waals surface area contributed by atoms with E-state index in [2.05, 4.69) is 57.2 Å². The van der Waals surface area contributed by atoms with Crippen LogP contribution in [0.15, 0.2) is 36.5 Å². The fourth-order valence-corrected chi connectivity index (χ4v) is 9.18. The first kappa shape index (κ1) is 67.6. The van der Waals surface area contributed by atoms with E-state index >= 15 is 0 Å². The van der Waals surface area contributed by atoms with E-state index in [1.54, 1.807) is 0 Å². The molecule has 0 aliphatic heterocycles. The van der Waals surface area contributed by atoms with E-state index in [0.717, 1.165) is 77.0 Å². The zero-order valence-electron chi connectivity index (χ0n) is 47.1. The second-order valence-corrected chi connectivity index (χ2v) is 21.0. The summed E-state index contributed by atoms with van der Waals surface area (Å²) in [4.78, 5) is 38.2. The highest BCUT2D eigenvalue weighted by Crippen LogP contribution is 2.17. The summed E-state index contributed by atoms with van der Waals surface area (Å²) in [7, 11) is 0. The third-order valence-corrected chi connectivity index (χ3v) is 13.9. The molecule has 70 heavy (non-hydrogen) atoms. The lowest BCUT2D eigenvalue weighted by Gasteiger charge is -2.18. The summed E-state index contributed by atoms with van der Waals surface area (Å²) in [6.07, 6.45) is 71.4. The van der Waals surface area contributed by atoms with Crippen molar-refractivity contribution in [1.82, 2.24) is 0 Å². The van der Waals surface area contributed by atoms with Gasteiger partial charge in [0.1, 0.15) is 13.2 Å². The van der Waals surface area contributed by atoms with E-state index in [9.17, 15) is 14.4 Å². The van der Waals surface area contributed by atoms with Crippen molar-refractivity contribution in [2.75, 3.05) is 13.2 Å². The zero-order valence-corrected chi connectivity index (χ0v) is 47.1. The van der Waals surface area contributed by atoms with Gasteiger partial charge < -0.3 is 14.2 Å². The Kier molecular flexibility index (Phi) is 57.2. The van der Waals surface area contributed by atoms with Gasteiger partial charge in [-0.1, -0.05) is 276 Å². The van der Waals surface area contributed by atoms with Crippen molar-refractivity contribution in [3.63, 3.8) is 0 Å². The SMILES string of the molecule is CCCCC/C=C\C/C=C\CCCCCCCC(=O)OCC(COC(=O)CCCCCCCCCCC/C=C\CCCCCCCCCC)OC(=O)CCCCCCCCCCCCCCCCCC. The van der Waals surface area contributed by atoms with Gasteiger partial charge in [-0.3, -0.25) is 14.4 Å². The topological polar surface area (TPSA) is 78.9 Å². The molecule has 0 aliphatic rings. The molecule has 0 aromatic rings. The lowest BCUT2D eigenvalue weighted by atomic mass is 10.0. The van der Waals surface area contributed by atoms with E-state index < -0.39 is 6.10 Å². The summed E-state index contributed by atoms with van der Waals surface area (Å²) >= 11 is 0. The highest BCUT2D eigenvalue weighted by molar-refractivity contribution is 5.71. The molecule has 0 amide bonds. The Morgan fingerprint density at radius 1 is 0.286 bits per heavy atom. The van der Waals surface area contributed by atoms with Crippen LogP contribution < -0.4 is 0 Å². The van der Waals surface area contributed by atoms with Crippen LogP contribution in [0.1, 0.15) is 335 Å². The van der Waals surface area contributed by atoms with Crippen molar-refractivity contribution in [1.29, 1.82) is 0 Å². The minimum absolute atomic E-state index is 0.0739. The van der Waals surface area contributed by atoms with Gasteiger partial charge in [0.15, 0.2) is 6.10 Å². The molecular formula is C64H118O6. The van der Waals surface area contributed by atoms with Crippen LogP contribution in [0.4, 0.5) is 0 Å². The van der Waals surface area contributed by atoms with Gasteiger partial charge in [-0.2, -0.15) is 0 Å². The van der Waals surface area contributed by atoms with Crippen LogP contribution in [0.25, 0.3) is 0 Å². The minimum Gasteiger partial charge on any atom is -0.462 e. The molecule has 410 valence electrons. The van der Waals surface area contributed by atoms with E-state index in [1.165, 1.54) is 218 Å². The number of hydrogen-bond donors (Lipinski definition) is 0. The van der Waals surface area contributed by atoms with E-state index in [4.69, 9.17) is 14.2 Å². The number of allylic oxidation sites excluding steroid dienone is 6. The zero-order chi connectivity index (χ0) is 50.7. The Hall–Kier alpha value is -2.37. The Morgan fingerprint density at radius 3 is 0.829 bits per heavy atom. The van der Waals surface area contributed by atoms with Gasteiger partial charge in [0.2, 0.25) is 0 Å². The molecule has 1 unspecified atom stereocenters. The van der Waals surface area contributed by atoms with Crippen molar-refractivity contribution in [2.24, 2.45) is 0 Å². The molecule has 0 saturated carbocycles. The summed E-state index contributed by atoms with van der Waals surface area (Å²) in [6.45, 7) is 6.65. The number of carbonyl (C=O) groups is 3. The number of rotatable bonds is 57. The van der Waals surface area contributed by atoms with Crippen LogP contribution in [0, 0.1) is 0 Å². The molecule has 0 N–H and O–H groups in total. The van der Waals surface area contributed by atoms with Gasteiger partial charge in [0, 0.05) is 19.3 Å². The maximum Gasteiger partial charge on any atom is 0.306 e. The van der Waals surface area contributed by atoms with Crippen molar-refractivity contribution in [3.8, 4) is 0 Å². The summed E-state index contributed by atoms with van der Waals surface area (Å²) in [5.74, 6) is -0.868. The van der Waals surface area contributed by atoms with Crippen LogP contribution in [0.3, 0.4) is 0 Å². The predicted octanol–water partition coefficient (Wildman–Crippen LogP) is 20.8. The first-order valence-electron chi connectivity index (χ1n) is 31.0. The first-order chi connectivity index (χ1) is 34.5. The maximum atomic E-state index is 12.9. The van der Waals surface area contributed by atoms with Crippen molar-refractivity contribution in [3.05, 3.63) is 36.5 Å². The third-order valence-electron chi connectivity index (χ3n) is 13.9. The average molecular weight is 984 g/mol. The smallest absolute Gasteiger partial charge is 0.306 e. The molecule has 0 fully saturated rings. The molecule has 0 aliphatic carbocycles. The standard InChI is InChI=1S/C64H118O6/c1-4-7-10-13-16-19-22-25-28-30-31-32-33-34-37-39-42-45-48-51-54-57-63(66)69-60-61(59-68-62(65)56-53-50-47-44-41-38-35-27-24-21-18-15-12-9-6-3)70-64(67)58-55-52-49-46-43-40-36-29-26-23-20-17-14-11-8-5-2/h18,21,27,30-31,35,61H,4-17,19-20,22-26,28-29,32-34,36-60H2,1-3H3/b21-18-,31-30-,35-27-. The van der Waals surface area contributed by atoms with Gasteiger partial charge >= 0.3 is 17.9 Å². The number of hydrogen-bond acceptors (Lipinski definition) is 6. The summed E-state index contributed by atoms with van der Waals surface area (Å²) < 4.78 is 16.9. The van der Waals surface area contributed by atoms with Crippen molar-refractivity contribution >= 4 is 17.9 Å². The van der Waals surface area contributed by atoms with Crippen LogP contribution in [-0.2, 0) is 28.6 Å². The fraction of sp³-hybridized carbons (Fsp3) is 0.859. The maximum absolute atomic E-state index is 12.9. The summed E-state index contributed by atoms with van der Waals surface area (Å²) in [5.41, 5.74) is 0. The van der Waals surface area contributed by atoms with Gasteiger partial charge in [-0.15, -0.1) is 0 Å². The molecule has 0 bridgehead atoms. The summed E-state index contributed by atoms with van der Waals surface area (Å²) in [5, 5.41) is 0. The molecular weight excluding hydrogens is 865 g/mol. The van der Waals surface area contributed by atoms with E-state index in [0.29, 0.717) is 19.3 Å². The number of unbranched alkanes of at least 4 members (excludes halogenated alkanes) is 40. The van der Waals surface area contributed by atoms with Crippen LogP contribution in [0.5, 0.6) is 0 Å². The van der Waals surface area contributed by atoms with Gasteiger partial charge in [0.25, 0.3) is 0 Å². The van der Waals surface area contributed by atoms with Gasteiger partial charge in [0.05, 0.1) is 0 Å². The Bertz CT molecular complexity index is 1170. The predicted molar refractivity (Wildman–Crippen MR) is 302 cm³/mol. The monoisotopic (exact) mass is 983 g/mol. The highest BCUT2D eigenvalue weighted by Gasteiger charge is 2.19. The van der Waals surface area contributed by atoms with Crippen LogP contribution >= 0.6 is 0 Å². The van der Waals surface area contributed by atoms with Gasteiger partial charge in [-0.25, -0.2) is 0 Å². The van der Waals surface area contributed by atoms with Crippen molar-refractivity contribution < 1.29 is 28.6 Å². The molecule has 6 nitrogen and oxygen atoms in total. The third kappa shape index (κ3) is 56.5. The molecule has 6 heteroatoms. The van der Waals surface area contributed by atoms with Crippen LogP contribution in [0.2, 0.25) is 0 Å². The molecule has 0 saturated heterocycles. The average Bonchev–Trinajstić information content (AvgIpc) is 3.36. The van der Waals surface area contributed by atoms with E-state index in [-0.39, 0.29) is 31.1 Å². The number of esters is 3. The Morgan fingerprint density at radius 2 is 0.514 bits per heavy atom. The Balaban J connectivity index is 4.32. The molecule has 0 spiro atoms. The van der Waals surface area contributed by atoms with Crippen molar-refractivity contribution in [2.45, 2.75) is 341 Å². The number of ether oxygens (including phenoxy) is 3. The second kappa shape index (κ2) is 59.2. The van der Waals surface area contributed by atoms with E-state index in [1.807, 2.05) is 0 Å². The molecule has 0 rings (SSSR count). The number of carbonyl (C=O) groups excluding carboxylic acids is 3. The molecule has 0 heterocycles. The van der Waals surface area contributed by atoms with Crippen LogP contribution in [-0.4, -0.2) is 37.2 Å². The largest absolute Gasteiger partial charge is 0.462 e. The molecule has 0 aromatic carbocycles. The first-order valence-corrected chi connectivity index (χ1v) is 31.0. The lowest BCUT2D eigenvalue weighted by molar-refractivity contribution is -0.167. The quantitative estimate of drug-likeness (QED) is 0.0261. The second-order valence-electron chi connectivity index (χ2n) is 21.0. The van der Waals surface area contributed by atoms with Gasteiger partial charge in [-0.05, 0) is 77.0 Å². The molecule has 0 aromatic heterocycles. The normalized spacial score (nSPS) is 12.2. The fourth-order valence-electron chi connectivity index (χ4n) is 9.18.